The third-order valence-corrected chi connectivity index (χ3v) is 3.33. The number of ketones is 2. The van der Waals surface area contributed by atoms with E-state index in [0.717, 1.165) is 12.8 Å². The van der Waals surface area contributed by atoms with Crippen molar-refractivity contribution >= 4 is 35.8 Å². The van der Waals surface area contributed by atoms with Gasteiger partial charge in [-0.05, 0) is 24.4 Å². The fourth-order valence-corrected chi connectivity index (χ4v) is 1.32. The largest absolute Gasteiger partial charge is 0.507 e. The van der Waals surface area contributed by atoms with Crippen molar-refractivity contribution in [1.29, 1.82) is 0 Å². The van der Waals surface area contributed by atoms with Crippen molar-refractivity contribution in [2.45, 2.75) is 52.9 Å². The van der Waals surface area contributed by atoms with Gasteiger partial charge >= 0.3 is 24.2 Å². The molecule has 0 rings (SSSR count). The van der Waals surface area contributed by atoms with Crippen molar-refractivity contribution in [3.8, 4) is 0 Å². The van der Waals surface area contributed by atoms with Gasteiger partial charge in [0.1, 0.15) is 0 Å². The first-order chi connectivity index (χ1) is 19.9. The maximum Gasteiger partial charge on any atom is 0.507 e. The fraction of sp³-hybridized carbons (Fsp3) is 0.467. The van der Waals surface area contributed by atoms with Gasteiger partial charge in [-0.15, -0.1) is 13.2 Å². The summed E-state index contributed by atoms with van der Waals surface area (Å²) in [5.74, 6) is -1.13. The predicted octanol–water partition coefficient (Wildman–Crippen LogP) is 5.06. The molecule has 3 radical (unpaired) electrons. The Kier molecular flexibility index (Phi) is 76.9. The van der Waals surface area contributed by atoms with Crippen molar-refractivity contribution < 1.29 is 155 Å². The Morgan fingerprint density at radius 2 is 0.889 bits per heavy atom. The summed E-state index contributed by atoms with van der Waals surface area (Å²) in [5.41, 5.74) is 0. The monoisotopic (exact) mass is 864 g/mol. The van der Waals surface area contributed by atoms with Crippen molar-refractivity contribution in [1.82, 2.24) is 0 Å². The third kappa shape index (κ3) is 80.2. The van der Waals surface area contributed by atoms with Crippen LogP contribution in [0.15, 0.2) is 45.0 Å². The van der Waals surface area contributed by atoms with Crippen molar-refractivity contribution in [2.75, 3.05) is 40.6 Å². The van der Waals surface area contributed by atoms with E-state index in [0.29, 0.717) is 19.6 Å². The summed E-state index contributed by atoms with van der Waals surface area (Å²) in [7, 11) is 2.47. The van der Waals surface area contributed by atoms with Crippen LogP contribution in [0.25, 0.3) is 0 Å². The summed E-state index contributed by atoms with van der Waals surface area (Å²) in [6.07, 6.45) is 11.5. The molecule has 0 aliphatic rings. The normalized spacial score (nSPS) is 7.58. The van der Waals surface area contributed by atoms with E-state index in [4.69, 9.17) is 0 Å². The van der Waals surface area contributed by atoms with E-state index >= 15 is 0 Å². The van der Waals surface area contributed by atoms with Gasteiger partial charge in [0.05, 0.1) is 40.6 Å². The summed E-state index contributed by atoms with van der Waals surface area (Å²) >= 11 is 0. The summed E-state index contributed by atoms with van der Waals surface area (Å²) < 4.78 is 26.3. The number of esters is 2. The van der Waals surface area contributed by atoms with Crippen LogP contribution >= 0.6 is 0 Å². The number of Topliss-reactive ketones (excluding diaryl/α,β-unsaturated/α-hetero) is 2. The number of rotatable bonds is 15. The van der Waals surface area contributed by atoms with Gasteiger partial charge in [0, 0.05) is 125 Å². The summed E-state index contributed by atoms with van der Waals surface area (Å²) in [6, 6.07) is 0. The van der Waals surface area contributed by atoms with Crippen LogP contribution in [0.2, 0.25) is 0 Å². The molecule has 0 N–H and O–H groups in total. The predicted molar refractivity (Wildman–Crippen MR) is 156 cm³/mol. The molecular weight excluding hydrogens is 819 g/mol. The number of carbonyl (C=O) groups is 6. The second-order valence-electron chi connectivity index (χ2n) is 6.74. The SMILES string of the molecule is C=CCCOC(=O)OC.C=CCCOC(C)=O.C=[C-]C(=O)CCOC(=O)OC.C=[C-]C(=O)CCOC(C)=O.C=[C-]CC.[Y].[Y].[Y]. The maximum atomic E-state index is 10.5. The molecule has 15 heteroatoms. The summed E-state index contributed by atoms with van der Waals surface area (Å²) in [4.78, 5) is 61.6. The van der Waals surface area contributed by atoms with E-state index in [1.165, 1.54) is 28.1 Å². The van der Waals surface area contributed by atoms with E-state index in [1.807, 2.05) is 6.92 Å². The molecule has 0 aromatic rings. The van der Waals surface area contributed by atoms with E-state index < -0.39 is 12.3 Å². The van der Waals surface area contributed by atoms with Crippen molar-refractivity contribution in [2.24, 2.45) is 0 Å². The van der Waals surface area contributed by atoms with Gasteiger partial charge in [0.15, 0.2) is 0 Å². The van der Waals surface area contributed by atoms with Gasteiger partial charge < -0.3 is 56.2 Å². The molecule has 0 aromatic carbocycles. The van der Waals surface area contributed by atoms with E-state index in [1.54, 1.807) is 12.2 Å². The van der Waals surface area contributed by atoms with E-state index in [2.05, 4.69) is 79.5 Å². The molecule has 0 unspecified atom stereocenters. The molecule has 0 amide bonds. The Morgan fingerprint density at radius 3 is 1.16 bits per heavy atom. The average molecular weight is 864 g/mol. The second-order valence-corrected chi connectivity index (χ2v) is 6.74. The number of hydrogen-bond acceptors (Lipinski definition) is 12. The second kappa shape index (κ2) is 55.3. The van der Waals surface area contributed by atoms with Crippen LogP contribution in [-0.2, 0) is 146 Å². The van der Waals surface area contributed by atoms with E-state index in [9.17, 15) is 28.8 Å². The zero-order chi connectivity index (χ0) is 33.6. The quantitative estimate of drug-likeness (QED) is 0.0539. The van der Waals surface area contributed by atoms with E-state index in [-0.39, 0.29) is 148 Å². The molecule has 0 aliphatic carbocycles. The minimum atomic E-state index is -0.790. The Morgan fingerprint density at radius 1 is 0.600 bits per heavy atom. The van der Waals surface area contributed by atoms with Crippen LogP contribution in [0.1, 0.15) is 52.9 Å². The van der Waals surface area contributed by atoms with Gasteiger partial charge in [-0.1, -0.05) is 19.1 Å². The van der Waals surface area contributed by atoms with Crippen LogP contribution in [0, 0.1) is 18.2 Å². The molecular formula is C30H45O12Y3-3. The molecule has 0 saturated heterocycles. The number of hydrogen-bond donors (Lipinski definition) is 0. The number of ether oxygens (including phenoxy) is 6. The van der Waals surface area contributed by atoms with Crippen LogP contribution in [0.5, 0.6) is 0 Å². The van der Waals surface area contributed by atoms with Gasteiger partial charge in [-0.2, -0.15) is 6.42 Å². The smallest absolute Gasteiger partial charge is 0.504 e. The fourth-order valence-electron chi connectivity index (χ4n) is 1.32. The zero-order valence-electron chi connectivity index (χ0n) is 27.2. The van der Waals surface area contributed by atoms with Gasteiger partial charge in [0.2, 0.25) is 0 Å². The van der Waals surface area contributed by atoms with Crippen LogP contribution < -0.4 is 0 Å². The van der Waals surface area contributed by atoms with Crippen LogP contribution in [0.3, 0.4) is 0 Å². The van der Waals surface area contributed by atoms with Gasteiger partial charge in [0.25, 0.3) is 0 Å². The summed E-state index contributed by atoms with van der Waals surface area (Å²) in [5, 5.41) is 0. The molecule has 0 saturated carbocycles. The Labute approximate surface area is 344 Å². The minimum absolute atomic E-state index is 0. The molecule has 0 atom stereocenters. The first-order valence-electron chi connectivity index (χ1n) is 12.4. The number of carbonyl (C=O) groups excluding carboxylic acids is 6. The minimum Gasteiger partial charge on any atom is -0.504 e. The molecule has 249 valence electrons. The summed E-state index contributed by atoms with van der Waals surface area (Å²) in [6.45, 7) is 22.2. The van der Waals surface area contributed by atoms with Gasteiger partial charge in [-0.25, -0.2) is 9.59 Å². The molecule has 0 spiro atoms. The van der Waals surface area contributed by atoms with Gasteiger partial charge in [-0.3, -0.25) is 29.3 Å². The number of allylic oxidation sites excluding steroid dienone is 3. The Hall–Kier alpha value is -1.17. The molecule has 0 fully saturated rings. The molecule has 0 aliphatic heterocycles. The Balaban J connectivity index is -0.0000000639. The molecule has 45 heavy (non-hydrogen) atoms. The van der Waals surface area contributed by atoms with Crippen LogP contribution in [0.4, 0.5) is 9.59 Å². The maximum absolute atomic E-state index is 10.5. The number of methoxy groups -OCH3 is 2. The average Bonchev–Trinajstić information content (AvgIpc) is 2.97. The first-order valence-corrected chi connectivity index (χ1v) is 12.4. The topological polar surface area (TPSA) is 158 Å². The first kappa shape index (κ1) is 62.6. The standard InChI is InChI=1S/C7H9O4.C7H9O3.C6H10O3.C6H10O2.C4H7.3Y/c1-3-6(8)4-5-11-7(9)10-2;1-3-7(9)4-5-10-6(2)8;1-3-4-5-9-6(7)8-2;1-3-4-5-8-6(2)7;1-3-4-2;;;/h1,4-5H2,2H3;1,4-5H2,2H3;3H,1,4-5H2,2H3;3H,1,4-5H2,2H3;1,4H2,2H3;;;/q2*-1;;;-1;;;. The zero-order valence-corrected chi connectivity index (χ0v) is 35.7. The Bertz CT molecular complexity index is 816. The van der Waals surface area contributed by atoms with Crippen molar-refractivity contribution in [3.05, 3.63) is 63.3 Å². The molecule has 0 bridgehead atoms. The van der Waals surface area contributed by atoms with Crippen LogP contribution in [-0.4, -0.2) is 76.5 Å². The third-order valence-electron chi connectivity index (χ3n) is 3.33. The van der Waals surface area contributed by atoms with Crippen molar-refractivity contribution in [3.63, 3.8) is 0 Å². The molecule has 0 heterocycles. The molecule has 12 nitrogen and oxygen atoms in total. The molecule has 0 aromatic heterocycles.